The maximum absolute atomic E-state index is 13.7. The third-order valence-electron chi connectivity index (χ3n) is 5.90. The van der Waals surface area contributed by atoms with Gasteiger partial charge in [0.25, 0.3) is 5.91 Å². The third-order valence-corrected chi connectivity index (χ3v) is 9.69. The van der Waals surface area contributed by atoms with Crippen LogP contribution < -0.4 is 10.6 Å². The van der Waals surface area contributed by atoms with Gasteiger partial charge in [0.15, 0.2) is 11.2 Å². The second kappa shape index (κ2) is 9.84. The Labute approximate surface area is 218 Å². The van der Waals surface area contributed by atoms with Crippen molar-refractivity contribution in [3.8, 4) is 0 Å². The molecule has 2 heterocycles. The van der Waals surface area contributed by atoms with Crippen LogP contribution in [0.3, 0.4) is 0 Å². The van der Waals surface area contributed by atoms with Gasteiger partial charge in [-0.25, -0.2) is 8.42 Å². The van der Waals surface area contributed by atoms with Crippen LogP contribution in [-0.4, -0.2) is 30.6 Å². The van der Waals surface area contributed by atoms with Gasteiger partial charge in [0.1, 0.15) is 15.6 Å². The summed E-state index contributed by atoms with van der Waals surface area (Å²) in [5.74, 6) is -0.585. The lowest BCUT2D eigenvalue weighted by Gasteiger charge is -2.16. The highest BCUT2D eigenvalue weighted by molar-refractivity contribution is 7.92. The summed E-state index contributed by atoms with van der Waals surface area (Å²) >= 11 is 7.31. The summed E-state index contributed by atoms with van der Waals surface area (Å²) in [6, 6.07) is 5.12. The van der Waals surface area contributed by atoms with Crippen molar-refractivity contribution in [2.75, 3.05) is 10.6 Å². The molecule has 36 heavy (non-hydrogen) atoms. The fourth-order valence-electron chi connectivity index (χ4n) is 4.02. The zero-order valence-corrected chi connectivity index (χ0v) is 22.7. The number of ketones is 1. The molecule has 2 aromatic heterocycles. The van der Waals surface area contributed by atoms with Gasteiger partial charge in [0.05, 0.1) is 10.6 Å². The Bertz CT molecular complexity index is 1490. The van der Waals surface area contributed by atoms with Crippen molar-refractivity contribution in [1.82, 2.24) is 5.16 Å². The molecule has 1 amide bonds. The Balaban J connectivity index is 1.74. The first-order valence-corrected chi connectivity index (χ1v) is 14.0. The molecule has 190 valence electrons. The lowest BCUT2D eigenvalue weighted by atomic mass is 10.00. The molecule has 1 atom stereocenters. The molecular formula is C25H26ClN3O5S2. The second-order valence-electron chi connectivity index (χ2n) is 8.89. The number of sulfone groups is 1. The molecule has 8 nitrogen and oxygen atoms in total. The van der Waals surface area contributed by atoms with Crippen molar-refractivity contribution in [2.24, 2.45) is 0 Å². The first-order chi connectivity index (χ1) is 16.9. The van der Waals surface area contributed by atoms with Crippen LogP contribution in [-0.2, 0) is 9.84 Å². The number of aromatic nitrogens is 1. The number of nitrogens with zero attached hydrogens (tertiary/aromatic N) is 1. The van der Waals surface area contributed by atoms with E-state index in [-0.39, 0.29) is 32.4 Å². The van der Waals surface area contributed by atoms with Gasteiger partial charge in [-0.3, -0.25) is 9.59 Å². The van der Waals surface area contributed by atoms with E-state index >= 15 is 0 Å². The summed E-state index contributed by atoms with van der Waals surface area (Å²) in [7, 11) is -4.15. The predicted molar refractivity (Wildman–Crippen MR) is 141 cm³/mol. The summed E-state index contributed by atoms with van der Waals surface area (Å²) in [6.07, 6.45) is 3.07. The van der Waals surface area contributed by atoms with E-state index in [0.29, 0.717) is 16.9 Å². The van der Waals surface area contributed by atoms with Gasteiger partial charge in [0.2, 0.25) is 15.7 Å². The van der Waals surface area contributed by atoms with Crippen LogP contribution in [0.25, 0.3) is 0 Å². The fourth-order valence-corrected chi connectivity index (χ4v) is 7.24. The van der Waals surface area contributed by atoms with E-state index in [4.69, 9.17) is 16.1 Å². The molecule has 0 spiro atoms. The average Bonchev–Trinajstić information content (AvgIpc) is 3.46. The molecule has 0 saturated heterocycles. The summed E-state index contributed by atoms with van der Waals surface area (Å²) in [5.41, 5.74) is 2.72. The highest BCUT2D eigenvalue weighted by atomic mass is 35.5. The molecule has 2 N–H and O–H groups in total. The highest BCUT2D eigenvalue weighted by Crippen LogP contribution is 2.46. The number of hydrogen-bond donors (Lipinski definition) is 2. The van der Waals surface area contributed by atoms with Crippen molar-refractivity contribution >= 4 is 56.0 Å². The number of halogens is 1. The first kappa shape index (κ1) is 26.1. The molecule has 0 aliphatic heterocycles. The van der Waals surface area contributed by atoms with Crippen molar-refractivity contribution in [2.45, 2.75) is 56.7 Å². The van der Waals surface area contributed by atoms with E-state index in [1.54, 1.807) is 26.0 Å². The van der Waals surface area contributed by atoms with Crippen LogP contribution >= 0.6 is 22.9 Å². The van der Waals surface area contributed by atoms with Gasteiger partial charge in [-0.15, -0.1) is 11.3 Å². The number of amides is 1. The lowest BCUT2D eigenvalue weighted by Crippen LogP contribution is -2.29. The van der Waals surface area contributed by atoms with Gasteiger partial charge in [-0.05, 0) is 69.7 Å². The zero-order valence-electron chi connectivity index (χ0n) is 20.3. The summed E-state index contributed by atoms with van der Waals surface area (Å²) in [4.78, 5) is 26.5. The number of carbonyl (C=O) groups excluding carboxylic acids is 2. The maximum Gasteiger partial charge on any atom is 0.267 e. The Morgan fingerprint density at radius 2 is 1.94 bits per heavy atom. The molecule has 1 aromatic carbocycles. The molecular weight excluding hydrogens is 522 g/mol. The Morgan fingerprint density at radius 3 is 2.50 bits per heavy atom. The third kappa shape index (κ3) is 4.98. The highest BCUT2D eigenvalue weighted by Gasteiger charge is 2.36. The minimum absolute atomic E-state index is 0.00683. The van der Waals surface area contributed by atoms with E-state index < -0.39 is 21.1 Å². The van der Waals surface area contributed by atoms with E-state index in [0.717, 1.165) is 40.2 Å². The molecule has 1 saturated carbocycles. The van der Waals surface area contributed by atoms with Crippen molar-refractivity contribution in [1.29, 1.82) is 0 Å². The number of thiophene rings is 1. The molecule has 0 radical (unpaired) electrons. The van der Waals surface area contributed by atoms with E-state index in [1.165, 1.54) is 13.0 Å². The molecule has 11 heteroatoms. The van der Waals surface area contributed by atoms with Crippen molar-refractivity contribution < 1.29 is 22.5 Å². The summed E-state index contributed by atoms with van der Waals surface area (Å²) in [6.45, 7) is 10.4. The smallest absolute Gasteiger partial charge is 0.267 e. The number of hydrogen-bond acceptors (Lipinski definition) is 8. The molecule has 1 unspecified atom stereocenters. The second-order valence-corrected chi connectivity index (χ2v) is 12.4. The number of aryl methyl sites for hydroxylation is 3. The first-order valence-electron chi connectivity index (χ1n) is 11.3. The monoisotopic (exact) mass is 547 g/mol. The van der Waals surface area contributed by atoms with E-state index in [2.05, 4.69) is 22.4 Å². The molecule has 0 bridgehead atoms. The largest absolute Gasteiger partial charge is 0.337 e. The summed E-state index contributed by atoms with van der Waals surface area (Å²) in [5, 5.41) is 8.07. The maximum atomic E-state index is 13.7. The number of nitrogens with one attached hydrogen (secondary N) is 2. The summed E-state index contributed by atoms with van der Waals surface area (Å²) < 4.78 is 32.6. The fraction of sp³-hybridized carbons (Fsp3) is 0.320. The molecule has 1 fully saturated rings. The minimum Gasteiger partial charge on any atom is -0.337 e. The standard InChI is InChI=1S/C25H26ClN3O5S2/c1-6-20(28-25-22(26)14(4)29-34-25)36(32,33)19-11-18(16-7-8-16)35-23(19)24(31)27-17-10-12(2)9-13(3)21(17)15(5)30/h6,9-11,16,20,28H,1,7-8H2,2-5H3,(H,27,31). The lowest BCUT2D eigenvalue weighted by molar-refractivity contribution is 0.101. The molecule has 1 aliphatic rings. The van der Waals surface area contributed by atoms with Crippen LogP contribution in [0.4, 0.5) is 11.6 Å². The van der Waals surface area contributed by atoms with Gasteiger partial charge < -0.3 is 15.2 Å². The molecule has 3 aromatic rings. The Hall–Kier alpha value is -2.95. The normalized spacial score (nSPS) is 14.4. The number of rotatable bonds is 9. The quantitative estimate of drug-likeness (QED) is 0.247. The van der Waals surface area contributed by atoms with Crippen LogP contribution in [0.5, 0.6) is 0 Å². The van der Waals surface area contributed by atoms with Gasteiger partial charge >= 0.3 is 0 Å². The zero-order chi connectivity index (χ0) is 26.4. The van der Waals surface area contributed by atoms with Crippen LogP contribution in [0.1, 0.15) is 67.4 Å². The van der Waals surface area contributed by atoms with Crippen molar-refractivity contribution in [3.63, 3.8) is 0 Å². The number of anilines is 2. The number of Topliss-reactive ketones (excluding diaryl/α,β-unsaturated/α-hetero) is 1. The van der Waals surface area contributed by atoms with Gasteiger partial charge in [-0.1, -0.05) is 35.5 Å². The van der Waals surface area contributed by atoms with Crippen molar-refractivity contribution in [3.05, 3.63) is 68.0 Å². The van der Waals surface area contributed by atoms with Crippen LogP contribution in [0.15, 0.2) is 40.3 Å². The number of carbonyl (C=O) groups is 2. The predicted octanol–water partition coefficient (Wildman–Crippen LogP) is 6.04. The molecule has 1 aliphatic carbocycles. The Morgan fingerprint density at radius 1 is 1.25 bits per heavy atom. The topological polar surface area (TPSA) is 118 Å². The molecule has 4 rings (SSSR count). The van der Waals surface area contributed by atoms with Crippen LogP contribution in [0.2, 0.25) is 5.02 Å². The van der Waals surface area contributed by atoms with E-state index in [1.807, 2.05) is 13.0 Å². The average molecular weight is 548 g/mol. The van der Waals surface area contributed by atoms with Gasteiger partial charge in [0, 0.05) is 10.4 Å². The minimum atomic E-state index is -4.15. The van der Waals surface area contributed by atoms with Gasteiger partial charge in [-0.2, -0.15) is 0 Å². The van der Waals surface area contributed by atoms with E-state index in [9.17, 15) is 18.0 Å². The number of benzene rings is 1. The van der Waals surface area contributed by atoms with Crippen LogP contribution in [0, 0.1) is 20.8 Å². The Kier molecular flexibility index (Phi) is 7.14. The SMILES string of the molecule is C=CC(Nc1onc(C)c1Cl)S(=O)(=O)c1cc(C2CC2)sc1C(=O)Nc1cc(C)cc(C)c1C(C)=O.